The molecule has 0 saturated carbocycles. The number of halogens is 3. The van der Waals surface area contributed by atoms with Crippen LogP contribution in [0, 0.1) is 5.92 Å². The SMILES string of the molecule is CC(C)CC1=NN(C(=O)CCCc2ccccc2)C(O)(C(F)(F)F)C1. The van der Waals surface area contributed by atoms with E-state index in [2.05, 4.69) is 5.10 Å². The highest BCUT2D eigenvalue weighted by molar-refractivity contribution is 5.90. The van der Waals surface area contributed by atoms with Crippen LogP contribution < -0.4 is 0 Å². The van der Waals surface area contributed by atoms with Gasteiger partial charge in [-0.25, -0.2) is 0 Å². The van der Waals surface area contributed by atoms with Crippen molar-refractivity contribution < 1.29 is 23.1 Å². The molecule has 0 saturated heterocycles. The van der Waals surface area contributed by atoms with Crippen LogP contribution in [0.25, 0.3) is 0 Å². The molecule has 1 heterocycles. The van der Waals surface area contributed by atoms with Gasteiger partial charge in [0.1, 0.15) is 0 Å². The van der Waals surface area contributed by atoms with E-state index >= 15 is 0 Å². The Morgan fingerprint density at radius 1 is 1.32 bits per heavy atom. The maximum atomic E-state index is 13.3. The highest BCUT2D eigenvalue weighted by Crippen LogP contribution is 2.41. The largest absolute Gasteiger partial charge is 0.438 e. The van der Waals surface area contributed by atoms with Crippen molar-refractivity contribution in [1.82, 2.24) is 5.01 Å². The van der Waals surface area contributed by atoms with Gasteiger partial charge in [0.2, 0.25) is 5.91 Å². The molecule has 1 amide bonds. The minimum atomic E-state index is -4.95. The average molecular weight is 356 g/mol. The van der Waals surface area contributed by atoms with Crippen LogP contribution in [0.4, 0.5) is 13.2 Å². The molecule has 0 aliphatic carbocycles. The Morgan fingerprint density at radius 2 is 1.96 bits per heavy atom. The van der Waals surface area contributed by atoms with Crippen molar-refractivity contribution in [2.75, 3.05) is 0 Å². The first kappa shape index (κ1) is 19.4. The molecule has 1 aromatic carbocycles. The molecule has 0 radical (unpaired) electrons. The number of carbonyl (C=O) groups excluding carboxylic acids is 1. The van der Waals surface area contributed by atoms with Crippen molar-refractivity contribution >= 4 is 11.6 Å². The number of nitrogens with zero attached hydrogens (tertiary/aromatic N) is 2. The number of hydrogen-bond acceptors (Lipinski definition) is 3. The van der Waals surface area contributed by atoms with Crippen LogP contribution in [-0.4, -0.2) is 33.6 Å². The second-order valence-electron chi connectivity index (χ2n) is 6.80. The molecule has 0 spiro atoms. The van der Waals surface area contributed by atoms with Gasteiger partial charge in [0.15, 0.2) is 0 Å². The Morgan fingerprint density at radius 3 is 2.52 bits per heavy atom. The molecule has 0 bridgehead atoms. The summed E-state index contributed by atoms with van der Waals surface area (Å²) < 4.78 is 40.0. The molecule has 4 nitrogen and oxygen atoms in total. The standard InChI is InChI=1S/C18H23F3N2O2/c1-13(2)11-15-12-17(25,18(19,20)21)23(22-15)16(24)10-6-9-14-7-4-3-5-8-14/h3-5,7-8,13,25H,6,9-12H2,1-2H3. The fourth-order valence-corrected chi connectivity index (χ4v) is 2.88. The zero-order valence-corrected chi connectivity index (χ0v) is 14.4. The summed E-state index contributed by atoms with van der Waals surface area (Å²) in [6.45, 7) is 3.69. The van der Waals surface area contributed by atoms with Gasteiger partial charge < -0.3 is 5.11 Å². The number of alkyl halides is 3. The molecule has 1 aliphatic heterocycles. The van der Waals surface area contributed by atoms with Crippen molar-refractivity contribution in [3.63, 3.8) is 0 Å². The van der Waals surface area contributed by atoms with Crippen molar-refractivity contribution in [3.8, 4) is 0 Å². The van der Waals surface area contributed by atoms with Crippen LogP contribution in [0.2, 0.25) is 0 Å². The lowest BCUT2D eigenvalue weighted by molar-refractivity contribution is -0.302. The third-order valence-corrected chi connectivity index (χ3v) is 4.08. The highest BCUT2D eigenvalue weighted by atomic mass is 19.4. The zero-order valence-electron chi connectivity index (χ0n) is 14.4. The Hall–Kier alpha value is -1.89. The third kappa shape index (κ3) is 4.60. The molecule has 0 aromatic heterocycles. The lowest BCUT2D eigenvalue weighted by atomic mass is 9.99. The first-order chi connectivity index (χ1) is 11.6. The maximum Gasteiger partial charge on any atom is 0.438 e. The van der Waals surface area contributed by atoms with Gasteiger partial charge in [-0.2, -0.15) is 23.3 Å². The van der Waals surface area contributed by atoms with Crippen LogP contribution in [0.15, 0.2) is 35.4 Å². The first-order valence-corrected chi connectivity index (χ1v) is 8.36. The molecule has 25 heavy (non-hydrogen) atoms. The van der Waals surface area contributed by atoms with E-state index in [0.29, 0.717) is 19.3 Å². The highest BCUT2D eigenvalue weighted by Gasteiger charge is 2.62. The van der Waals surface area contributed by atoms with Crippen LogP contribution in [0.5, 0.6) is 0 Å². The molecular formula is C18H23F3N2O2. The second kappa shape index (κ2) is 7.56. The number of hydrogen-bond donors (Lipinski definition) is 1. The summed E-state index contributed by atoms with van der Waals surface area (Å²) in [5.74, 6) is -0.723. The molecule has 138 valence electrons. The number of aryl methyl sites for hydroxylation is 1. The van der Waals surface area contributed by atoms with E-state index in [1.54, 1.807) is 0 Å². The number of benzene rings is 1. The lowest BCUT2D eigenvalue weighted by Gasteiger charge is -2.32. The average Bonchev–Trinajstić information content (AvgIpc) is 2.85. The zero-order chi connectivity index (χ0) is 18.7. The van der Waals surface area contributed by atoms with Crippen LogP contribution in [0.1, 0.15) is 45.1 Å². The summed E-state index contributed by atoms with van der Waals surface area (Å²) in [4.78, 5) is 12.3. The second-order valence-corrected chi connectivity index (χ2v) is 6.80. The topological polar surface area (TPSA) is 52.9 Å². The molecular weight excluding hydrogens is 333 g/mol. The fraction of sp³-hybridized carbons (Fsp3) is 0.556. The molecule has 1 N–H and O–H groups in total. The van der Waals surface area contributed by atoms with Crippen LogP contribution >= 0.6 is 0 Å². The lowest BCUT2D eigenvalue weighted by Crippen LogP contribution is -2.56. The molecule has 1 unspecified atom stereocenters. The van der Waals surface area contributed by atoms with Gasteiger partial charge in [-0.1, -0.05) is 44.2 Å². The molecule has 0 fully saturated rings. The van der Waals surface area contributed by atoms with Gasteiger partial charge in [-0.05, 0) is 30.7 Å². The van der Waals surface area contributed by atoms with Crippen molar-refractivity contribution in [2.24, 2.45) is 11.0 Å². The Balaban J connectivity index is 2.06. The molecule has 2 rings (SSSR count). The van der Waals surface area contributed by atoms with E-state index in [4.69, 9.17) is 0 Å². The summed E-state index contributed by atoms with van der Waals surface area (Å²) in [6.07, 6.45) is -4.46. The maximum absolute atomic E-state index is 13.3. The summed E-state index contributed by atoms with van der Waals surface area (Å²) >= 11 is 0. The van der Waals surface area contributed by atoms with Crippen molar-refractivity contribution in [3.05, 3.63) is 35.9 Å². The predicted octanol–water partition coefficient (Wildman–Crippen LogP) is 3.89. The smallest absolute Gasteiger partial charge is 0.362 e. The van der Waals surface area contributed by atoms with E-state index in [9.17, 15) is 23.1 Å². The van der Waals surface area contributed by atoms with Gasteiger partial charge in [0.05, 0.1) is 0 Å². The fourth-order valence-electron chi connectivity index (χ4n) is 2.88. The normalized spacial score (nSPS) is 20.9. The summed E-state index contributed by atoms with van der Waals surface area (Å²) in [7, 11) is 0. The van der Waals surface area contributed by atoms with Crippen molar-refractivity contribution in [2.45, 2.75) is 57.9 Å². The molecule has 1 aliphatic rings. The quantitative estimate of drug-likeness (QED) is 0.841. The van der Waals surface area contributed by atoms with Crippen LogP contribution in [0.3, 0.4) is 0 Å². The molecule has 7 heteroatoms. The summed E-state index contributed by atoms with van der Waals surface area (Å²) in [5, 5.41) is 14.2. The molecule has 1 aromatic rings. The van der Waals surface area contributed by atoms with E-state index < -0.39 is 24.2 Å². The summed E-state index contributed by atoms with van der Waals surface area (Å²) in [6, 6.07) is 9.38. The number of amides is 1. The Labute approximate surface area is 145 Å². The van der Waals surface area contributed by atoms with Crippen LogP contribution in [-0.2, 0) is 11.2 Å². The predicted molar refractivity (Wildman–Crippen MR) is 88.7 cm³/mol. The number of carbonyl (C=O) groups is 1. The minimum Gasteiger partial charge on any atom is -0.362 e. The van der Waals surface area contributed by atoms with E-state index in [0.717, 1.165) is 5.56 Å². The van der Waals surface area contributed by atoms with Gasteiger partial charge in [0, 0.05) is 18.6 Å². The Kier molecular flexibility index (Phi) is 5.87. The number of hydrazone groups is 1. The Bertz CT molecular complexity index is 629. The van der Waals surface area contributed by atoms with Crippen molar-refractivity contribution in [1.29, 1.82) is 0 Å². The van der Waals surface area contributed by atoms with E-state index in [1.807, 2.05) is 44.2 Å². The number of aliphatic hydroxyl groups is 1. The van der Waals surface area contributed by atoms with Gasteiger partial charge >= 0.3 is 6.18 Å². The minimum absolute atomic E-state index is 0.0874. The first-order valence-electron chi connectivity index (χ1n) is 8.36. The van der Waals surface area contributed by atoms with E-state index in [-0.39, 0.29) is 23.1 Å². The van der Waals surface area contributed by atoms with E-state index in [1.165, 1.54) is 0 Å². The monoisotopic (exact) mass is 356 g/mol. The summed E-state index contributed by atoms with van der Waals surface area (Å²) in [5.41, 5.74) is -2.03. The van der Waals surface area contributed by atoms with Gasteiger partial charge in [-0.15, -0.1) is 0 Å². The number of rotatable bonds is 6. The molecule has 1 atom stereocenters. The van der Waals surface area contributed by atoms with Gasteiger partial charge in [0.25, 0.3) is 5.72 Å². The van der Waals surface area contributed by atoms with Gasteiger partial charge in [-0.3, -0.25) is 4.79 Å². The third-order valence-electron chi connectivity index (χ3n) is 4.08.